The zero-order valence-corrected chi connectivity index (χ0v) is 11.6. The number of anilines is 1. The maximum Gasteiger partial charge on any atom is 0.256 e. The number of phenols is 1. The Kier molecular flexibility index (Phi) is 4.05. The van der Waals surface area contributed by atoms with Gasteiger partial charge in [-0.05, 0) is 43.7 Å². The molecule has 104 valence electrons. The van der Waals surface area contributed by atoms with Crippen molar-refractivity contribution in [1.29, 1.82) is 0 Å². The lowest BCUT2D eigenvalue weighted by Crippen LogP contribution is -2.14. The zero-order valence-electron chi connectivity index (χ0n) is 11.6. The molecule has 0 aliphatic heterocycles. The van der Waals surface area contributed by atoms with Crippen molar-refractivity contribution < 1.29 is 9.90 Å². The zero-order chi connectivity index (χ0) is 14.7. The number of rotatable bonds is 3. The van der Waals surface area contributed by atoms with Crippen LogP contribution >= 0.6 is 0 Å². The van der Waals surface area contributed by atoms with Gasteiger partial charge in [0, 0.05) is 22.9 Å². The number of nitrogens with two attached hydrogens (primary N) is 1. The largest absolute Gasteiger partial charge is 0.508 e. The topological polar surface area (TPSA) is 75.3 Å². The predicted octanol–water partition coefficient (Wildman–Crippen LogP) is 2.97. The van der Waals surface area contributed by atoms with Crippen LogP contribution in [-0.2, 0) is 0 Å². The Morgan fingerprint density at radius 2 is 1.95 bits per heavy atom. The molecule has 0 bridgehead atoms. The van der Waals surface area contributed by atoms with Crippen LogP contribution in [0.4, 0.5) is 5.69 Å². The lowest BCUT2D eigenvalue weighted by Gasteiger charge is -2.11. The number of aromatic hydroxyl groups is 1. The third-order valence-electron chi connectivity index (χ3n) is 3.22. The summed E-state index contributed by atoms with van der Waals surface area (Å²) in [7, 11) is 0. The molecule has 1 atom stereocenters. The van der Waals surface area contributed by atoms with E-state index in [1.165, 1.54) is 0 Å². The van der Waals surface area contributed by atoms with E-state index in [9.17, 15) is 9.90 Å². The second-order valence-corrected chi connectivity index (χ2v) is 4.82. The summed E-state index contributed by atoms with van der Waals surface area (Å²) in [6.07, 6.45) is 0. The highest BCUT2D eigenvalue weighted by molar-refractivity contribution is 6.05. The van der Waals surface area contributed by atoms with E-state index in [0.717, 1.165) is 5.56 Å². The third kappa shape index (κ3) is 2.97. The molecule has 2 aromatic carbocycles. The van der Waals surface area contributed by atoms with Crippen molar-refractivity contribution in [2.45, 2.75) is 19.9 Å². The molecule has 0 fully saturated rings. The number of nitrogens with one attached hydrogen (secondary N) is 1. The van der Waals surface area contributed by atoms with E-state index in [0.29, 0.717) is 16.8 Å². The first-order chi connectivity index (χ1) is 9.49. The van der Waals surface area contributed by atoms with Gasteiger partial charge >= 0.3 is 0 Å². The molecule has 0 aromatic heterocycles. The molecule has 0 saturated heterocycles. The molecule has 4 N–H and O–H groups in total. The van der Waals surface area contributed by atoms with E-state index in [4.69, 9.17) is 5.73 Å². The molecule has 1 amide bonds. The number of benzene rings is 2. The first-order valence-electron chi connectivity index (χ1n) is 6.44. The van der Waals surface area contributed by atoms with Crippen molar-refractivity contribution in [2.75, 3.05) is 5.32 Å². The van der Waals surface area contributed by atoms with Gasteiger partial charge in [0.25, 0.3) is 5.91 Å². The standard InChI is InChI=1S/C16H18N2O2/c1-10-14(7-4-8-15(10)19)16(20)18-13-6-3-5-12(9-13)11(2)17/h3-9,11,19H,17H2,1-2H3,(H,18,20). The minimum atomic E-state index is -0.250. The molecule has 4 heteroatoms. The van der Waals surface area contributed by atoms with Crippen LogP contribution in [0, 0.1) is 6.92 Å². The van der Waals surface area contributed by atoms with Crippen LogP contribution in [-0.4, -0.2) is 11.0 Å². The number of amides is 1. The van der Waals surface area contributed by atoms with Gasteiger partial charge in [0.2, 0.25) is 0 Å². The molecule has 0 heterocycles. The molecular formula is C16H18N2O2. The van der Waals surface area contributed by atoms with Gasteiger partial charge in [-0.15, -0.1) is 0 Å². The van der Waals surface area contributed by atoms with E-state index in [1.54, 1.807) is 25.1 Å². The predicted molar refractivity (Wildman–Crippen MR) is 79.8 cm³/mol. The van der Waals surface area contributed by atoms with Gasteiger partial charge in [-0.1, -0.05) is 18.2 Å². The Morgan fingerprint density at radius 3 is 2.65 bits per heavy atom. The fourth-order valence-electron chi connectivity index (χ4n) is 1.97. The number of carbonyl (C=O) groups excluding carboxylic acids is 1. The molecule has 2 aromatic rings. The summed E-state index contributed by atoms with van der Waals surface area (Å²) in [6, 6.07) is 12.2. The monoisotopic (exact) mass is 270 g/mol. The molecule has 4 nitrogen and oxygen atoms in total. The summed E-state index contributed by atoms with van der Waals surface area (Å²) in [4.78, 5) is 12.2. The Balaban J connectivity index is 2.24. The number of hydrogen-bond acceptors (Lipinski definition) is 3. The normalized spacial score (nSPS) is 11.9. The molecule has 2 rings (SSSR count). The first-order valence-corrected chi connectivity index (χ1v) is 6.44. The third-order valence-corrected chi connectivity index (χ3v) is 3.22. The van der Waals surface area contributed by atoms with Gasteiger partial charge in [-0.2, -0.15) is 0 Å². The van der Waals surface area contributed by atoms with Crippen LogP contribution in [0.2, 0.25) is 0 Å². The summed E-state index contributed by atoms with van der Waals surface area (Å²) >= 11 is 0. The summed E-state index contributed by atoms with van der Waals surface area (Å²) in [5, 5.41) is 12.5. The van der Waals surface area contributed by atoms with Crippen molar-refractivity contribution in [1.82, 2.24) is 0 Å². The number of hydrogen-bond donors (Lipinski definition) is 3. The lowest BCUT2D eigenvalue weighted by molar-refractivity contribution is 0.102. The van der Waals surface area contributed by atoms with E-state index in [-0.39, 0.29) is 17.7 Å². The van der Waals surface area contributed by atoms with Gasteiger partial charge in [0.1, 0.15) is 5.75 Å². The first kappa shape index (κ1) is 14.1. The lowest BCUT2D eigenvalue weighted by atomic mass is 10.1. The van der Waals surface area contributed by atoms with Crippen LogP contribution in [0.3, 0.4) is 0 Å². The Hall–Kier alpha value is -2.33. The minimum Gasteiger partial charge on any atom is -0.508 e. The molecule has 0 radical (unpaired) electrons. The van der Waals surface area contributed by atoms with Crippen LogP contribution in [0.5, 0.6) is 5.75 Å². The van der Waals surface area contributed by atoms with Gasteiger partial charge in [0.15, 0.2) is 0 Å². The highest BCUT2D eigenvalue weighted by atomic mass is 16.3. The Bertz CT molecular complexity index is 636. The van der Waals surface area contributed by atoms with Crippen molar-refractivity contribution in [3.63, 3.8) is 0 Å². The van der Waals surface area contributed by atoms with Gasteiger partial charge < -0.3 is 16.2 Å². The summed E-state index contributed by atoms with van der Waals surface area (Å²) < 4.78 is 0. The number of phenolic OH excluding ortho intramolecular Hbond substituents is 1. The average molecular weight is 270 g/mol. The molecule has 0 aliphatic rings. The van der Waals surface area contributed by atoms with Crippen LogP contribution in [0.1, 0.15) is 34.5 Å². The van der Waals surface area contributed by atoms with Gasteiger partial charge in [-0.3, -0.25) is 4.79 Å². The van der Waals surface area contributed by atoms with Crippen molar-refractivity contribution in [3.8, 4) is 5.75 Å². The van der Waals surface area contributed by atoms with Crippen LogP contribution in [0.15, 0.2) is 42.5 Å². The molecule has 1 unspecified atom stereocenters. The maximum atomic E-state index is 12.2. The average Bonchev–Trinajstić information content (AvgIpc) is 2.42. The summed E-state index contributed by atoms with van der Waals surface area (Å²) in [6.45, 7) is 3.60. The Labute approximate surface area is 118 Å². The van der Waals surface area contributed by atoms with Gasteiger partial charge in [-0.25, -0.2) is 0 Å². The minimum absolute atomic E-state index is 0.0886. The summed E-state index contributed by atoms with van der Waals surface area (Å²) in [5.41, 5.74) is 8.48. The second-order valence-electron chi connectivity index (χ2n) is 4.82. The van der Waals surface area contributed by atoms with Gasteiger partial charge in [0.05, 0.1) is 0 Å². The fraction of sp³-hybridized carbons (Fsp3) is 0.188. The van der Waals surface area contributed by atoms with Crippen molar-refractivity contribution in [2.24, 2.45) is 5.73 Å². The highest BCUT2D eigenvalue weighted by Gasteiger charge is 2.12. The van der Waals surface area contributed by atoms with E-state index in [1.807, 2.05) is 31.2 Å². The SMILES string of the molecule is Cc1c(O)cccc1C(=O)Nc1cccc(C(C)N)c1. The second kappa shape index (κ2) is 5.75. The quantitative estimate of drug-likeness (QED) is 0.802. The smallest absolute Gasteiger partial charge is 0.256 e. The highest BCUT2D eigenvalue weighted by Crippen LogP contribution is 2.21. The molecular weight excluding hydrogens is 252 g/mol. The van der Waals surface area contributed by atoms with Crippen LogP contribution in [0.25, 0.3) is 0 Å². The molecule has 0 aliphatic carbocycles. The fourth-order valence-corrected chi connectivity index (χ4v) is 1.97. The van der Waals surface area contributed by atoms with Crippen LogP contribution < -0.4 is 11.1 Å². The van der Waals surface area contributed by atoms with Crippen molar-refractivity contribution >= 4 is 11.6 Å². The Morgan fingerprint density at radius 1 is 1.25 bits per heavy atom. The molecule has 20 heavy (non-hydrogen) atoms. The molecule has 0 spiro atoms. The molecule has 0 saturated carbocycles. The van der Waals surface area contributed by atoms with E-state index < -0.39 is 0 Å². The van der Waals surface area contributed by atoms with E-state index >= 15 is 0 Å². The van der Waals surface area contributed by atoms with Crippen molar-refractivity contribution in [3.05, 3.63) is 59.2 Å². The summed E-state index contributed by atoms with van der Waals surface area (Å²) in [5.74, 6) is -0.137. The van der Waals surface area contributed by atoms with E-state index in [2.05, 4.69) is 5.32 Å². The maximum absolute atomic E-state index is 12.2. The number of carbonyl (C=O) groups is 1.